The van der Waals surface area contributed by atoms with Gasteiger partial charge in [-0.25, -0.2) is 0 Å². The first-order chi connectivity index (χ1) is 13.2. The molecule has 1 spiro atoms. The number of ether oxygens (including phenoxy) is 2. The van der Waals surface area contributed by atoms with Crippen LogP contribution in [0.1, 0.15) is 64.4 Å². The van der Waals surface area contributed by atoms with E-state index in [2.05, 4.69) is 29.1 Å². The molecular weight excluding hydrogens is 340 g/mol. The molecule has 0 radical (unpaired) electrons. The fourth-order valence-corrected chi connectivity index (χ4v) is 4.46. The van der Waals surface area contributed by atoms with Crippen LogP contribution in [0.4, 0.5) is 0 Å². The van der Waals surface area contributed by atoms with Gasteiger partial charge in [0.2, 0.25) is 0 Å². The lowest BCUT2D eigenvalue weighted by atomic mass is 9.85. The van der Waals surface area contributed by atoms with Gasteiger partial charge in [0, 0.05) is 37.9 Å². The van der Waals surface area contributed by atoms with Crippen LogP contribution in [-0.2, 0) is 4.84 Å². The minimum atomic E-state index is -0.105. The minimum absolute atomic E-state index is 0.105. The molecule has 148 valence electrons. The monoisotopic (exact) mass is 372 g/mol. The first-order valence-corrected chi connectivity index (χ1v) is 10.6. The maximum absolute atomic E-state index is 6.30. The zero-order valence-corrected chi connectivity index (χ0v) is 16.7. The van der Waals surface area contributed by atoms with Crippen molar-refractivity contribution in [2.75, 3.05) is 26.2 Å². The summed E-state index contributed by atoms with van der Waals surface area (Å²) in [7, 11) is 0. The van der Waals surface area contributed by atoms with E-state index in [1.807, 2.05) is 13.0 Å². The fourth-order valence-electron chi connectivity index (χ4n) is 4.46. The topological polar surface area (TPSA) is 43.3 Å². The molecule has 0 aromatic heterocycles. The molecule has 0 atom stereocenters. The summed E-state index contributed by atoms with van der Waals surface area (Å²) in [5.41, 5.74) is 2.03. The lowest BCUT2D eigenvalue weighted by molar-refractivity contribution is -0.0606. The van der Waals surface area contributed by atoms with Gasteiger partial charge >= 0.3 is 0 Å². The Labute approximate surface area is 162 Å². The maximum atomic E-state index is 6.30. The highest BCUT2D eigenvalue weighted by molar-refractivity contribution is 6.02. The van der Waals surface area contributed by atoms with Crippen LogP contribution >= 0.6 is 0 Å². The summed E-state index contributed by atoms with van der Waals surface area (Å²) in [4.78, 5) is 8.46. The smallest absolute Gasteiger partial charge is 0.162 e. The van der Waals surface area contributed by atoms with E-state index in [1.165, 1.54) is 12.8 Å². The van der Waals surface area contributed by atoms with Gasteiger partial charge in [0.15, 0.2) is 11.5 Å². The molecule has 1 aromatic carbocycles. The van der Waals surface area contributed by atoms with Crippen molar-refractivity contribution >= 4 is 5.71 Å². The second kappa shape index (κ2) is 8.09. The standard InChI is InChI=1S/C22H32N2O3/c1-3-24-13-11-22(12-14-24)16-19(23-27-22)17-9-10-20(25-4-2)21(15-17)26-18-7-5-6-8-18/h9-10,15,18H,3-8,11-14,16H2,1-2H3. The highest BCUT2D eigenvalue weighted by Crippen LogP contribution is 2.38. The minimum Gasteiger partial charge on any atom is -0.490 e. The van der Waals surface area contributed by atoms with Gasteiger partial charge in [-0.05, 0) is 57.4 Å². The van der Waals surface area contributed by atoms with Crippen LogP contribution in [0, 0.1) is 0 Å². The highest BCUT2D eigenvalue weighted by Gasteiger charge is 2.42. The number of oxime groups is 1. The van der Waals surface area contributed by atoms with Gasteiger partial charge in [0.05, 0.1) is 18.4 Å². The molecule has 4 rings (SSSR count). The first-order valence-electron chi connectivity index (χ1n) is 10.6. The molecule has 0 unspecified atom stereocenters. The van der Waals surface area contributed by atoms with E-state index in [0.717, 1.165) is 74.5 Å². The van der Waals surface area contributed by atoms with Crippen LogP contribution in [0.2, 0.25) is 0 Å². The second-order valence-corrected chi connectivity index (χ2v) is 8.04. The van der Waals surface area contributed by atoms with E-state index < -0.39 is 0 Å². The van der Waals surface area contributed by atoms with Gasteiger partial charge in [0.25, 0.3) is 0 Å². The molecule has 5 heteroatoms. The van der Waals surface area contributed by atoms with Crippen molar-refractivity contribution in [3.63, 3.8) is 0 Å². The molecule has 2 aliphatic heterocycles. The van der Waals surface area contributed by atoms with Crippen molar-refractivity contribution < 1.29 is 14.3 Å². The molecule has 1 aromatic rings. The summed E-state index contributed by atoms with van der Waals surface area (Å²) < 4.78 is 12.1. The largest absolute Gasteiger partial charge is 0.490 e. The summed E-state index contributed by atoms with van der Waals surface area (Å²) >= 11 is 0. The van der Waals surface area contributed by atoms with Crippen molar-refractivity contribution in [2.45, 2.75) is 70.5 Å². The lowest BCUT2D eigenvalue weighted by Gasteiger charge is -2.36. The van der Waals surface area contributed by atoms with Gasteiger partial charge in [-0.1, -0.05) is 12.1 Å². The molecule has 3 aliphatic rings. The van der Waals surface area contributed by atoms with Crippen molar-refractivity contribution in [2.24, 2.45) is 5.16 Å². The predicted molar refractivity (Wildman–Crippen MR) is 107 cm³/mol. The van der Waals surface area contributed by atoms with Crippen molar-refractivity contribution in [3.05, 3.63) is 23.8 Å². The van der Waals surface area contributed by atoms with E-state index >= 15 is 0 Å². The summed E-state index contributed by atoms with van der Waals surface area (Å²) in [6.07, 6.45) is 8.09. The van der Waals surface area contributed by atoms with Crippen LogP contribution in [-0.4, -0.2) is 48.6 Å². The molecule has 2 fully saturated rings. The summed E-state index contributed by atoms with van der Waals surface area (Å²) in [6.45, 7) is 8.18. The molecule has 1 saturated carbocycles. The average Bonchev–Trinajstić information content (AvgIpc) is 3.35. The first kappa shape index (κ1) is 18.6. The summed E-state index contributed by atoms with van der Waals surface area (Å²) in [6, 6.07) is 6.22. The predicted octanol–water partition coefficient (Wildman–Crippen LogP) is 4.39. The van der Waals surface area contributed by atoms with Gasteiger partial charge in [0.1, 0.15) is 5.60 Å². The molecule has 2 heterocycles. The van der Waals surface area contributed by atoms with Crippen LogP contribution < -0.4 is 9.47 Å². The number of rotatable bonds is 6. The summed E-state index contributed by atoms with van der Waals surface area (Å²) in [5, 5.41) is 4.48. The Balaban J connectivity index is 1.48. The zero-order chi connectivity index (χ0) is 18.7. The van der Waals surface area contributed by atoms with Gasteiger partial charge in [-0.3, -0.25) is 0 Å². The van der Waals surface area contributed by atoms with Crippen LogP contribution in [0.25, 0.3) is 0 Å². The second-order valence-electron chi connectivity index (χ2n) is 8.04. The van der Waals surface area contributed by atoms with E-state index in [1.54, 1.807) is 0 Å². The Kier molecular flexibility index (Phi) is 5.58. The van der Waals surface area contributed by atoms with Gasteiger partial charge < -0.3 is 19.2 Å². The maximum Gasteiger partial charge on any atom is 0.162 e. The van der Waals surface area contributed by atoms with Crippen molar-refractivity contribution in [3.8, 4) is 11.5 Å². The number of hydrogen-bond donors (Lipinski definition) is 0. The number of piperidine rings is 1. The Bertz CT molecular complexity index is 674. The fraction of sp³-hybridized carbons (Fsp3) is 0.682. The van der Waals surface area contributed by atoms with E-state index in [9.17, 15) is 0 Å². The Hall–Kier alpha value is -1.75. The molecule has 27 heavy (non-hydrogen) atoms. The molecule has 0 amide bonds. The van der Waals surface area contributed by atoms with Gasteiger partial charge in [-0.15, -0.1) is 0 Å². The van der Waals surface area contributed by atoms with E-state index in [-0.39, 0.29) is 5.60 Å². The van der Waals surface area contributed by atoms with E-state index in [0.29, 0.717) is 12.7 Å². The van der Waals surface area contributed by atoms with Crippen molar-refractivity contribution in [1.82, 2.24) is 4.90 Å². The third kappa shape index (κ3) is 4.08. The SMILES string of the molecule is CCOc1ccc(C2=NOC3(CCN(CC)CC3)C2)cc1OC1CCCC1. The number of likely N-dealkylation sites (tertiary alicyclic amines) is 1. The number of benzene rings is 1. The summed E-state index contributed by atoms with van der Waals surface area (Å²) in [5.74, 6) is 1.68. The van der Waals surface area contributed by atoms with E-state index in [4.69, 9.17) is 14.3 Å². The average molecular weight is 373 g/mol. The Morgan fingerprint density at radius 3 is 2.63 bits per heavy atom. The van der Waals surface area contributed by atoms with Crippen LogP contribution in [0.15, 0.2) is 23.4 Å². The third-order valence-electron chi connectivity index (χ3n) is 6.23. The molecule has 0 N–H and O–H groups in total. The Morgan fingerprint density at radius 1 is 1.15 bits per heavy atom. The normalized spacial score (nSPS) is 22.7. The Morgan fingerprint density at radius 2 is 1.93 bits per heavy atom. The quantitative estimate of drug-likeness (QED) is 0.743. The van der Waals surface area contributed by atoms with Crippen LogP contribution in [0.3, 0.4) is 0 Å². The third-order valence-corrected chi connectivity index (χ3v) is 6.23. The molecular formula is C22H32N2O3. The molecule has 5 nitrogen and oxygen atoms in total. The van der Waals surface area contributed by atoms with Crippen molar-refractivity contribution in [1.29, 1.82) is 0 Å². The number of nitrogens with zero attached hydrogens (tertiary/aromatic N) is 2. The zero-order valence-electron chi connectivity index (χ0n) is 16.7. The lowest BCUT2D eigenvalue weighted by Crippen LogP contribution is -2.44. The molecule has 1 saturated heterocycles. The molecule has 1 aliphatic carbocycles. The number of hydrogen-bond acceptors (Lipinski definition) is 5. The van der Waals surface area contributed by atoms with Crippen LogP contribution in [0.5, 0.6) is 11.5 Å². The molecule has 0 bridgehead atoms. The highest BCUT2D eigenvalue weighted by atomic mass is 16.7. The van der Waals surface area contributed by atoms with Gasteiger partial charge in [-0.2, -0.15) is 0 Å².